The van der Waals surface area contributed by atoms with Gasteiger partial charge in [-0.3, -0.25) is 9.00 Å². The molecule has 2 atom stereocenters. The van der Waals surface area contributed by atoms with Crippen molar-refractivity contribution in [2.24, 2.45) is 5.92 Å². The smallest absolute Gasteiger partial charge is 0.321 e. The van der Waals surface area contributed by atoms with E-state index in [4.69, 9.17) is 4.74 Å². The molecule has 1 aromatic carbocycles. The third-order valence-corrected chi connectivity index (χ3v) is 4.68. The first-order chi connectivity index (χ1) is 8.22. The maximum Gasteiger partial charge on any atom is 0.321 e. The Morgan fingerprint density at radius 3 is 2.59 bits per heavy atom. The van der Waals surface area contributed by atoms with Crippen molar-refractivity contribution in [3.63, 3.8) is 0 Å². The number of hydrogen-bond donors (Lipinski definition) is 0. The molecule has 0 radical (unpaired) electrons. The average Bonchev–Trinajstić information content (AvgIpc) is 3.15. The zero-order chi connectivity index (χ0) is 12.3. The van der Waals surface area contributed by atoms with Crippen molar-refractivity contribution in [3.05, 3.63) is 35.9 Å². The minimum atomic E-state index is -1.18. The number of carbonyl (C=O) groups excluding carboxylic acids is 1. The van der Waals surface area contributed by atoms with E-state index in [0.717, 1.165) is 18.4 Å². The van der Waals surface area contributed by atoms with Crippen molar-refractivity contribution in [2.45, 2.75) is 23.8 Å². The van der Waals surface area contributed by atoms with Gasteiger partial charge < -0.3 is 4.74 Å². The van der Waals surface area contributed by atoms with E-state index >= 15 is 0 Å². The molecule has 2 unspecified atom stereocenters. The van der Waals surface area contributed by atoms with Crippen molar-refractivity contribution < 1.29 is 13.7 Å². The molecule has 0 amide bonds. The Morgan fingerprint density at radius 2 is 2.06 bits per heavy atom. The van der Waals surface area contributed by atoms with E-state index in [1.54, 1.807) is 0 Å². The van der Waals surface area contributed by atoms with Crippen LogP contribution in [0.4, 0.5) is 0 Å². The van der Waals surface area contributed by atoms with Gasteiger partial charge in [-0.15, -0.1) is 0 Å². The molecule has 1 fully saturated rings. The first kappa shape index (κ1) is 12.3. The molecule has 0 aromatic heterocycles. The summed E-state index contributed by atoms with van der Waals surface area (Å²) >= 11 is 0. The summed E-state index contributed by atoms with van der Waals surface area (Å²) in [5, 5.41) is -0.444. The van der Waals surface area contributed by atoms with Crippen molar-refractivity contribution in [2.75, 3.05) is 7.11 Å². The standard InChI is InChI=1S/C13H16O3S/c1-16-13(14)12(11-7-8-11)17(15)9-10-5-3-2-4-6-10/h2-6,11-12H,7-9H2,1H3. The number of benzene rings is 1. The Hall–Kier alpha value is -1.16. The van der Waals surface area contributed by atoms with E-state index in [0.29, 0.717) is 5.75 Å². The number of rotatable bonds is 5. The molecule has 1 aliphatic carbocycles. The van der Waals surface area contributed by atoms with Crippen LogP contribution in [0.3, 0.4) is 0 Å². The lowest BCUT2D eigenvalue weighted by molar-refractivity contribution is -0.140. The quantitative estimate of drug-likeness (QED) is 0.752. The molecule has 0 bridgehead atoms. The van der Waals surface area contributed by atoms with E-state index in [1.165, 1.54) is 7.11 Å². The van der Waals surface area contributed by atoms with E-state index in [2.05, 4.69) is 0 Å². The van der Waals surface area contributed by atoms with E-state index in [1.807, 2.05) is 30.3 Å². The highest BCUT2D eigenvalue weighted by Gasteiger charge is 2.41. The summed E-state index contributed by atoms with van der Waals surface area (Å²) in [6.07, 6.45) is 1.97. The van der Waals surface area contributed by atoms with Crippen LogP contribution in [0.15, 0.2) is 30.3 Å². The van der Waals surface area contributed by atoms with Gasteiger partial charge in [0.2, 0.25) is 0 Å². The number of carbonyl (C=O) groups is 1. The van der Waals surface area contributed by atoms with Crippen LogP contribution in [0.1, 0.15) is 18.4 Å². The summed E-state index contributed by atoms with van der Waals surface area (Å²) in [6, 6.07) is 9.61. The van der Waals surface area contributed by atoms with Gasteiger partial charge in [0, 0.05) is 16.6 Å². The topological polar surface area (TPSA) is 43.4 Å². The summed E-state index contributed by atoms with van der Waals surface area (Å²) in [5.74, 6) is 0.352. The van der Waals surface area contributed by atoms with Gasteiger partial charge in [0.25, 0.3) is 0 Å². The fraction of sp³-hybridized carbons (Fsp3) is 0.462. The van der Waals surface area contributed by atoms with Crippen molar-refractivity contribution in [1.29, 1.82) is 0 Å². The molecule has 1 aliphatic rings. The lowest BCUT2D eigenvalue weighted by atomic mass is 10.2. The Balaban J connectivity index is 2.04. The maximum atomic E-state index is 12.2. The van der Waals surface area contributed by atoms with Crippen LogP contribution in [0, 0.1) is 5.92 Å². The van der Waals surface area contributed by atoms with Gasteiger partial charge in [-0.25, -0.2) is 0 Å². The fourth-order valence-corrected chi connectivity index (χ4v) is 3.57. The van der Waals surface area contributed by atoms with Crippen LogP contribution in [-0.2, 0) is 26.1 Å². The second kappa shape index (κ2) is 5.45. The average molecular weight is 252 g/mol. The Labute approximate surface area is 104 Å². The van der Waals surface area contributed by atoms with E-state index in [-0.39, 0.29) is 11.9 Å². The maximum absolute atomic E-state index is 12.2. The van der Waals surface area contributed by atoms with Crippen LogP contribution >= 0.6 is 0 Å². The third-order valence-electron chi connectivity index (χ3n) is 2.92. The van der Waals surface area contributed by atoms with Gasteiger partial charge >= 0.3 is 5.97 Å². The molecular weight excluding hydrogens is 236 g/mol. The van der Waals surface area contributed by atoms with Crippen LogP contribution in [0.25, 0.3) is 0 Å². The number of hydrogen-bond acceptors (Lipinski definition) is 3. The lowest BCUT2D eigenvalue weighted by Gasteiger charge is -2.13. The highest BCUT2D eigenvalue weighted by Crippen LogP contribution is 2.36. The van der Waals surface area contributed by atoms with Gasteiger partial charge in [-0.2, -0.15) is 0 Å². The van der Waals surface area contributed by atoms with Crippen molar-refractivity contribution in [1.82, 2.24) is 0 Å². The molecule has 3 nitrogen and oxygen atoms in total. The summed E-state index contributed by atoms with van der Waals surface area (Å²) in [6.45, 7) is 0. The molecule has 0 aliphatic heterocycles. The molecule has 2 rings (SSSR count). The van der Waals surface area contributed by atoms with Crippen LogP contribution in [0.5, 0.6) is 0 Å². The molecule has 17 heavy (non-hydrogen) atoms. The Bertz CT molecular complexity index is 412. The third kappa shape index (κ3) is 3.16. The molecule has 0 heterocycles. The Kier molecular flexibility index (Phi) is 3.94. The normalized spacial score (nSPS) is 18.4. The minimum absolute atomic E-state index is 0.256. The number of ether oxygens (including phenoxy) is 1. The second-order valence-electron chi connectivity index (χ2n) is 4.29. The molecule has 4 heteroatoms. The predicted octanol–water partition coefficient (Wildman–Crippen LogP) is 1.89. The van der Waals surface area contributed by atoms with Crippen LogP contribution < -0.4 is 0 Å². The van der Waals surface area contributed by atoms with Gasteiger partial charge in [-0.1, -0.05) is 30.3 Å². The van der Waals surface area contributed by atoms with Crippen molar-refractivity contribution in [3.8, 4) is 0 Å². The van der Waals surface area contributed by atoms with Crippen molar-refractivity contribution >= 4 is 16.8 Å². The summed E-state index contributed by atoms with van der Waals surface area (Å²) in [7, 11) is 0.178. The van der Waals surface area contributed by atoms with Gasteiger partial charge in [0.15, 0.2) is 0 Å². The zero-order valence-electron chi connectivity index (χ0n) is 9.80. The number of esters is 1. The molecule has 92 valence electrons. The minimum Gasteiger partial charge on any atom is -0.468 e. The van der Waals surface area contributed by atoms with Gasteiger partial charge in [-0.05, 0) is 24.3 Å². The van der Waals surface area contributed by atoms with E-state index < -0.39 is 16.0 Å². The second-order valence-corrected chi connectivity index (χ2v) is 5.85. The predicted molar refractivity (Wildman–Crippen MR) is 66.8 cm³/mol. The molecule has 1 saturated carbocycles. The first-order valence-corrected chi connectivity index (χ1v) is 7.09. The SMILES string of the molecule is COC(=O)C(C1CC1)S(=O)Cc1ccccc1. The van der Waals surface area contributed by atoms with E-state index in [9.17, 15) is 9.00 Å². The molecule has 0 saturated heterocycles. The highest BCUT2D eigenvalue weighted by atomic mass is 32.2. The largest absolute Gasteiger partial charge is 0.468 e. The van der Waals surface area contributed by atoms with Crippen LogP contribution in [0.2, 0.25) is 0 Å². The molecule has 0 spiro atoms. The van der Waals surface area contributed by atoms with Gasteiger partial charge in [0.05, 0.1) is 7.11 Å². The molecule has 1 aromatic rings. The summed E-state index contributed by atoms with van der Waals surface area (Å²) in [4.78, 5) is 11.6. The first-order valence-electron chi connectivity index (χ1n) is 5.71. The monoisotopic (exact) mass is 252 g/mol. The highest BCUT2D eigenvalue weighted by molar-refractivity contribution is 7.85. The molecule has 0 N–H and O–H groups in total. The zero-order valence-corrected chi connectivity index (χ0v) is 10.6. The lowest BCUT2D eigenvalue weighted by Crippen LogP contribution is -2.30. The van der Waals surface area contributed by atoms with Gasteiger partial charge in [0.1, 0.15) is 5.25 Å². The van der Waals surface area contributed by atoms with Crippen LogP contribution in [-0.4, -0.2) is 22.5 Å². The summed E-state index contributed by atoms with van der Waals surface area (Å²) in [5.41, 5.74) is 1.00. The summed E-state index contributed by atoms with van der Waals surface area (Å²) < 4.78 is 16.9. The Morgan fingerprint density at radius 1 is 1.41 bits per heavy atom. The molecular formula is C13H16O3S. The number of methoxy groups -OCH3 is 1. The fourth-order valence-electron chi connectivity index (χ4n) is 1.86.